The smallest absolute Gasteiger partial charge is 0.225 e. The fourth-order valence-electron chi connectivity index (χ4n) is 2.99. The van der Waals surface area contributed by atoms with Crippen LogP contribution in [0.2, 0.25) is 5.02 Å². The number of benzene rings is 2. The highest BCUT2D eigenvalue weighted by atomic mass is 35.5. The van der Waals surface area contributed by atoms with Crippen molar-refractivity contribution in [2.75, 3.05) is 29.1 Å². The monoisotopic (exact) mass is 392 g/mol. The maximum atomic E-state index is 12.3. The molecule has 1 heterocycles. The van der Waals surface area contributed by atoms with Gasteiger partial charge in [-0.05, 0) is 49.2 Å². The molecule has 0 spiro atoms. The molecule has 0 aromatic heterocycles. The van der Waals surface area contributed by atoms with E-state index in [2.05, 4.69) is 10.2 Å². The molecule has 3 rings (SSSR count). The number of anilines is 2. The predicted molar refractivity (Wildman–Crippen MR) is 105 cm³/mol. The maximum absolute atomic E-state index is 12.3. The minimum absolute atomic E-state index is 0.0597. The fourth-order valence-corrected chi connectivity index (χ4v) is 4.80. The molecule has 26 heavy (non-hydrogen) atoms. The Labute approximate surface area is 158 Å². The number of hydrogen-bond acceptors (Lipinski definition) is 4. The van der Waals surface area contributed by atoms with Crippen LogP contribution in [0.1, 0.15) is 19.3 Å². The number of sulfone groups is 1. The van der Waals surface area contributed by atoms with E-state index in [0.29, 0.717) is 5.69 Å². The van der Waals surface area contributed by atoms with Crippen molar-refractivity contribution in [1.29, 1.82) is 0 Å². The zero-order valence-corrected chi connectivity index (χ0v) is 15.9. The van der Waals surface area contributed by atoms with E-state index in [9.17, 15) is 13.2 Å². The van der Waals surface area contributed by atoms with Crippen LogP contribution in [0.3, 0.4) is 0 Å². The Morgan fingerprint density at radius 3 is 2.35 bits per heavy atom. The zero-order valence-electron chi connectivity index (χ0n) is 14.3. The highest BCUT2D eigenvalue weighted by Crippen LogP contribution is 2.23. The molecule has 1 fully saturated rings. The van der Waals surface area contributed by atoms with Crippen LogP contribution >= 0.6 is 11.6 Å². The highest BCUT2D eigenvalue weighted by molar-refractivity contribution is 7.91. The summed E-state index contributed by atoms with van der Waals surface area (Å²) in [5.74, 6) is -0.622. The number of carbonyl (C=O) groups is 1. The summed E-state index contributed by atoms with van der Waals surface area (Å²) in [5, 5.41) is 2.92. The van der Waals surface area contributed by atoms with E-state index in [1.54, 1.807) is 12.1 Å². The van der Waals surface area contributed by atoms with Crippen LogP contribution in [-0.2, 0) is 14.6 Å². The van der Waals surface area contributed by atoms with Gasteiger partial charge in [0, 0.05) is 30.9 Å². The molecule has 1 saturated heterocycles. The quantitative estimate of drug-likeness (QED) is 0.813. The second kappa shape index (κ2) is 8.10. The van der Waals surface area contributed by atoms with Gasteiger partial charge in [-0.1, -0.05) is 23.7 Å². The minimum Gasteiger partial charge on any atom is -0.372 e. The van der Waals surface area contributed by atoms with Crippen molar-refractivity contribution >= 4 is 38.7 Å². The summed E-state index contributed by atoms with van der Waals surface area (Å²) < 4.78 is 24.7. The number of amides is 1. The molecular formula is C19H21ClN2O3S. The number of nitrogens with zero attached hydrogens (tertiary/aromatic N) is 1. The number of halogens is 1. The molecule has 0 bridgehead atoms. The van der Waals surface area contributed by atoms with Crippen LogP contribution < -0.4 is 10.2 Å². The van der Waals surface area contributed by atoms with Crippen LogP contribution in [0.4, 0.5) is 11.4 Å². The molecule has 138 valence electrons. The van der Waals surface area contributed by atoms with Crippen LogP contribution in [0.25, 0.3) is 0 Å². The van der Waals surface area contributed by atoms with Gasteiger partial charge in [-0.15, -0.1) is 0 Å². The van der Waals surface area contributed by atoms with Gasteiger partial charge in [0.25, 0.3) is 0 Å². The molecule has 2 aromatic carbocycles. The van der Waals surface area contributed by atoms with Gasteiger partial charge in [-0.2, -0.15) is 0 Å². The van der Waals surface area contributed by atoms with E-state index < -0.39 is 9.84 Å². The lowest BCUT2D eigenvalue weighted by Gasteiger charge is -2.17. The fraction of sp³-hybridized carbons (Fsp3) is 0.316. The standard InChI is InChI=1S/C19H21ClN2O3S/c20-17-5-1-2-6-18(17)26(24,25)14-11-19(23)21-15-7-9-16(10-8-15)22-12-3-4-13-22/h1-2,5-10H,3-4,11-14H2,(H,21,23). The summed E-state index contributed by atoms with van der Waals surface area (Å²) in [6.45, 7) is 2.12. The largest absolute Gasteiger partial charge is 0.372 e. The summed E-state index contributed by atoms with van der Waals surface area (Å²) in [6.07, 6.45) is 2.29. The lowest BCUT2D eigenvalue weighted by atomic mass is 10.2. The van der Waals surface area contributed by atoms with Crippen molar-refractivity contribution in [3.05, 3.63) is 53.6 Å². The third kappa shape index (κ3) is 4.56. The van der Waals surface area contributed by atoms with Crippen molar-refractivity contribution in [3.8, 4) is 0 Å². The second-order valence-corrected chi connectivity index (χ2v) is 8.77. The van der Waals surface area contributed by atoms with Gasteiger partial charge < -0.3 is 10.2 Å². The van der Waals surface area contributed by atoms with E-state index in [-0.39, 0.29) is 28.0 Å². The normalized spacial score (nSPS) is 14.4. The van der Waals surface area contributed by atoms with Gasteiger partial charge in [-0.3, -0.25) is 4.79 Å². The zero-order chi connectivity index (χ0) is 18.6. The van der Waals surface area contributed by atoms with Crippen molar-refractivity contribution < 1.29 is 13.2 Å². The molecule has 1 N–H and O–H groups in total. The van der Waals surface area contributed by atoms with Gasteiger partial charge in [0.2, 0.25) is 5.91 Å². The van der Waals surface area contributed by atoms with E-state index in [1.807, 2.05) is 24.3 Å². The van der Waals surface area contributed by atoms with Crippen molar-refractivity contribution in [2.45, 2.75) is 24.2 Å². The molecule has 5 nitrogen and oxygen atoms in total. The predicted octanol–water partition coefficient (Wildman–Crippen LogP) is 3.74. The van der Waals surface area contributed by atoms with E-state index >= 15 is 0 Å². The number of nitrogens with one attached hydrogen (secondary N) is 1. The topological polar surface area (TPSA) is 66.5 Å². The van der Waals surface area contributed by atoms with Crippen molar-refractivity contribution in [1.82, 2.24) is 0 Å². The summed E-state index contributed by atoms with van der Waals surface area (Å²) >= 11 is 5.94. The molecule has 0 aliphatic carbocycles. The Morgan fingerprint density at radius 2 is 1.69 bits per heavy atom. The average molecular weight is 393 g/mol. The Hall–Kier alpha value is -2.05. The van der Waals surface area contributed by atoms with Crippen molar-refractivity contribution in [2.24, 2.45) is 0 Å². The first-order chi connectivity index (χ1) is 12.5. The van der Waals surface area contributed by atoms with Crippen molar-refractivity contribution in [3.63, 3.8) is 0 Å². The third-order valence-electron chi connectivity index (χ3n) is 4.39. The summed E-state index contributed by atoms with van der Waals surface area (Å²) in [6, 6.07) is 13.9. The van der Waals surface area contributed by atoms with E-state index in [4.69, 9.17) is 11.6 Å². The Kier molecular flexibility index (Phi) is 5.84. The molecule has 1 aliphatic rings. The van der Waals surface area contributed by atoms with Gasteiger partial charge in [0.05, 0.1) is 15.7 Å². The maximum Gasteiger partial charge on any atom is 0.225 e. The summed E-state index contributed by atoms with van der Waals surface area (Å²) in [5.41, 5.74) is 1.80. The Balaban J connectivity index is 1.56. The van der Waals surface area contributed by atoms with Gasteiger partial charge >= 0.3 is 0 Å². The summed E-state index contributed by atoms with van der Waals surface area (Å²) in [4.78, 5) is 14.5. The first-order valence-electron chi connectivity index (χ1n) is 8.58. The minimum atomic E-state index is -3.60. The molecule has 0 atom stereocenters. The molecule has 1 aliphatic heterocycles. The molecule has 0 saturated carbocycles. The average Bonchev–Trinajstić information content (AvgIpc) is 3.16. The lowest BCUT2D eigenvalue weighted by molar-refractivity contribution is -0.115. The van der Waals surface area contributed by atoms with Gasteiger partial charge in [0.15, 0.2) is 9.84 Å². The SMILES string of the molecule is O=C(CCS(=O)(=O)c1ccccc1Cl)Nc1ccc(N2CCCC2)cc1. The van der Waals surface area contributed by atoms with E-state index in [1.165, 1.54) is 25.0 Å². The highest BCUT2D eigenvalue weighted by Gasteiger charge is 2.19. The molecule has 0 radical (unpaired) electrons. The van der Waals surface area contributed by atoms with Crippen LogP contribution in [0, 0.1) is 0 Å². The first kappa shape index (κ1) is 18.7. The summed E-state index contributed by atoms with van der Waals surface area (Å²) in [7, 11) is -3.60. The lowest BCUT2D eigenvalue weighted by Crippen LogP contribution is -2.18. The molecule has 2 aromatic rings. The van der Waals surface area contributed by atoms with E-state index in [0.717, 1.165) is 18.8 Å². The molecule has 1 amide bonds. The van der Waals surface area contributed by atoms with Gasteiger partial charge in [-0.25, -0.2) is 8.42 Å². The number of carbonyl (C=O) groups excluding carboxylic acids is 1. The van der Waals surface area contributed by atoms with Gasteiger partial charge in [0.1, 0.15) is 0 Å². The number of rotatable bonds is 6. The Bertz CT molecular complexity index is 876. The van der Waals surface area contributed by atoms with Crippen LogP contribution in [-0.4, -0.2) is 33.2 Å². The second-order valence-electron chi connectivity index (χ2n) is 6.29. The third-order valence-corrected chi connectivity index (χ3v) is 6.60. The molecular weight excluding hydrogens is 372 g/mol. The molecule has 0 unspecified atom stereocenters. The van der Waals surface area contributed by atoms with Crippen LogP contribution in [0.15, 0.2) is 53.4 Å². The van der Waals surface area contributed by atoms with Crippen LogP contribution in [0.5, 0.6) is 0 Å². The number of hydrogen-bond donors (Lipinski definition) is 1. The Morgan fingerprint density at radius 1 is 1.04 bits per heavy atom. The molecule has 7 heteroatoms. The first-order valence-corrected chi connectivity index (χ1v) is 10.6.